The smallest absolute Gasteiger partial charge is 0.156 e. The summed E-state index contributed by atoms with van der Waals surface area (Å²) < 4.78 is 4.95. The zero-order valence-corrected chi connectivity index (χ0v) is 8.51. The Morgan fingerprint density at radius 1 is 1.50 bits per heavy atom. The van der Waals surface area contributed by atoms with E-state index in [9.17, 15) is 0 Å². The second-order valence-electron chi connectivity index (χ2n) is 2.91. The summed E-state index contributed by atoms with van der Waals surface area (Å²) in [7, 11) is 1.65. The zero-order chi connectivity index (χ0) is 9.97. The Morgan fingerprint density at radius 2 is 2.36 bits per heavy atom. The van der Waals surface area contributed by atoms with Gasteiger partial charge in [-0.3, -0.25) is 0 Å². The van der Waals surface area contributed by atoms with E-state index in [1.807, 2.05) is 6.07 Å². The molecule has 0 aromatic carbocycles. The summed E-state index contributed by atoms with van der Waals surface area (Å²) in [5.74, 6) is 0.712. The lowest BCUT2D eigenvalue weighted by atomic mass is 10.4. The minimum atomic E-state index is 0.464. The van der Waals surface area contributed by atoms with E-state index in [-0.39, 0.29) is 0 Å². The van der Waals surface area contributed by atoms with Crippen molar-refractivity contribution in [2.75, 3.05) is 13.7 Å². The summed E-state index contributed by atoms with van der Waals surface area (Å²) in [5.41, 5.74) is 1.63. The lowest BCUT2D eigenvalue weighted by Crippen LogP contribution is -2.00. The van der Waals surface area contributed by atoms with Crippen LogP contribution in [0, 0.1) is 0 Å². The van der Waals surface area contributed by atoms with Crippen molar-refractivity contribution < 1.29 is 4.74 Å². The number of methoxy groups -OCH3 is 1. The maximum atomic E-state index is 5.96. The van der Waals surface area contributed by atoms with E-state index in [1.165, 1.54) is 0 Å². The summed E-state index contributed by atoms with van der Waals surface area (Å²) in [5, 5.41) is 0.464. The van der Waals surface area contributed by atoms with Gasteiger partial charge in [-0.2, -0.15) is 0 Å². The SMILES string of the molecule is COCCc1nc(Cl)c2[nH]ccc2n1. The molecule has 0 aliphatic carbocycles. The number of halogens is 1. The van der Waals surface area contributed by atoms with Gasteiger partial charge >= 0.3 is 0 Å². The molecule has 0 aliphatic heterocycles. The molecule has 0 atom stereocenters. The monoisotopic (exact) mass is 211 g/mol. The normalized spacial score (nSPS) is 11.0. The lowest BCUT2D eigenvalue weighted by molar-refractivity contribution is 0.200. The summed E-state index contributed by atoms with van der Waals surface area (Å²) in [6.07, 6.45) is 2.47. The molecule has 0 saturated carbocycles. The van der Waals surface area contributed by atoms with Gasteiger partial charge in [-0.25, -0.2) is 9.97 Å². The number of nitrogens with one attached hydrogen (secondary N) is 1. The number of rotatable bonds is 3. The Morgan fingerprint density at radius 3 is 3.14 bits per heavy atom. The molecule has 2 rings (SSSR count). The van der Waals surface area contributed by atoms with Gasteiger partial charge in [0.25, 0.3) is 0 Å². The summed E-state index contributed by atoms with van der Waals surface area (Å²) in [6.45, 7) is 0.603. The molecule has 0 saturated heterocycles. The Balaban J connectivity index is 2.38. The van der Waals surface area contributed by atoms with Gasteiger partial charge in [0, 0.05) is 19.7 Å². The van der Waals surface area contributed by atoms with Crippen LogP contribution in [0.2, 0.25) is 5.15 Å². The molecule has 0 unspecified atom stereocenters. The van der Waals surface area contributed by atoms with Crippen LogP contribution in [0.1, 0.15) is 5.82 Å². The van der Waals surface area contributed by atoms with Crippen molar-refractivity contribution >= 4 is 22.6 Å². The largest absolute Gasteiger partial charge is 0.384 e. The molecule has 2 aromatic heterocycles. The zero-order valence-electron chi connectivity index (χ0n) is 7.75. The van der Waals surface area contributed by atoms with Gasteiger partial charge in [0.05, 0.1) is 12.1 Å². The van der Waals surface area contributed by atoms with Crippen molar-refractivity contribution in [1.29, 1.82) is 0 Å². The number of H-pyrrole nitrogens is 1. The van der Waals surface area contributed by atoms with Gasteiger partial charge in [-0.05, 0) is 6.07 Å². The molecule has 1 N–H and O–H groups in total. The molecule has 14 heavy (non-hydrogen) atoms. The highest BCUT2D eigenvalue weighted by atomic mass is 35.5. The van der Waals surface area contributed by atoms with Crippen molar-refractivity contribution in [3.05, 3.63) is 23.2 Å². The van der Waals surface area contributed by atoms with E-state index in [1.54, 1.807) is 13.3 Å². The molecule has 0 aliphatic rings. The second-order valence-corrected chi connectivity index (χ2v) is 3.27. The second kappa shape index (κ2) is 3.94. The van der Waals surface area contributed by atoms with Gasteiger partial charge < -0.3 is 9.72 Å². The molecular weight excluding hydrogens is 202 g/mol. The van der Waals surface area contributed by atoms with Crippen molar-refractivity contribution in [2.24, 2.45) is 0 Å². The van der Waals surface area contributed by atoms with Crippen LogP contribution in [0.25, 0.3) is 11.0 Å². The van der Waals surface area contributed by atoms with Crippen LogP contribution in [0.3, 0.4) is 0 Å². The molecule has 0 radical (unpaired) electrons. The summed E-state index contributed by atoms with van der Waals surface area (Å²) in [4.78, 5) is 11.5. The number of fused-ring (bicyclic) bond motifs is 1. The molecule has 0 bridgehead atoms. The number of aromatic amines is 1. The number of hydrogen-bond acceptors (Lipinski definition) is 3. The maximum absolute atomic E-state index is 5.96. The average molecular weight is 212 g/mol. The van der Waals surface area contributed by atoms with Crippen LogP contribution in [0.4, 0.5) is 0 Å². The van der Waals surface area contributed by atoms with Gasteiger partial charge in [0.1, 0.15) is 11.3 Å². The minimum absolute atomic E-state index is 0.464. The fraction of sp³-hybridized carbons (Fsp3) is 0.333. The lowest BCUT2D eigenvalue weighted by Gasteiger charge is -2.00. The first-order chi connectivity index (χ1) is 6.81. The number of aromatic nitrogens is 3. The van der Waals surface area contributed by atoms with Crippen molar-refractivity contribution in [2.45, 2.75) is 6.42 Å². The topological polar surface area (TPSA) is 50.8 Å². The number of nitrogens with zero attached hydrogens (tertiary/aromatic N) is 2. The molecule has 0 amide bonds. The highest BCUT2D eigenvalue weighted by molar-refractivity contribution is 6.33. The van der Waals surface area contributed by atoms with Crippen molar-refractivity contribution in [3.8, 4) is 0 Å². The maximum Gasteiger partial charge on any atom is 0.156 e. The third kappa shape index (κ3) is 1.71. The first kappa shape index (κ1) is 9.43. The molecular formula is C9H10ClN3O. The van der Waals surface area contributed by atoms with Crippen molar-refractivity contribution in [1.82, 2.24) is 15.0 Å². The third-order valence-corrected chi connectivity index (χ3v) is 2.21. The predicted molar refractivity (Wildman–Crippen MR) is 54.5 cm³/mol. The molecule has 4 nitrogen and oxygen atoms in total. The van der Waals surface area contributed by atoms with Gasteiger partial charge in [0.2, 0.25) is 0 Å². The predicted octanol–water partition coefficient (Wildman–Crippen LogP) is 1.80. The molecule has 0 fully saturated rings. The highest BCUT2D eigenvalue weighted by Gasteiger charge is 2.05. The van der Waals surface area contributed by atoms with Crippen LogP contribution in [-0.2, 0) is 11.2 Å². The summed E-state index contributed by atoms with van der Waals surface area (Å²) in [6, 6.07) is 1.87. The molecule has 2 aromatic rings. The van der Waals surface area contributed by atoms with Crippen LogP contribution >= 0.6 is 11.6 Å². The number of ether oxygens (including phenoxy) is 1. The molecule has 5 heteroatoms. The first-order valence-electron chi connectivity index (χ1n) is 4.29. The summed E-state index contributed by atoms with van der Waals surface area (Å²) >= 11 is 5.96. The van der Waals surface area contributed by atoms with E-state index in [4.69, 9.17) is 16.3 Å². The molecule has 74 valence electrons. The first-order valence-corrected chi connectivity index (χ1v) is 4.67. The molecule has 2 heterocycles. The van der Waals surface area contributed by atoms with E-state index in [0.717, 1.165) is 11.0 Å². The van der Waals surface area contributed by atoms with E-state index in [0.29, 0.717) is 24.0 Å². The van der Waals surface area contributed by atoms with Crippen LogP contribution in [-0.4, -0.2) is 28.7 Å². The fourth-order valence-electron chi connectivity index (χ4n) is 1.26. The average Bonchev–Trinajstić information content (AvgIpc) is 2.63. The third-order valence-electron chi connectivity index (χ3n) is 1.94. The van der Waals surface area contributed by atoms with Gasteiger partial charge in [-0.1, -0.05) is 11.6 Å². The van der Waals surface area contributed by atoms with Crippen LogP contribution in [0.5, 0.6) is 0 Å². The fourth-order valence-corrected chi connectivity index (χ4v) is 1.51. The Labute approximate surface area is 86.3 Å². The Bertz CT molecular complexity index is 441. The standard InChI is InChI=1S/C9H10ClN3O/c1-14-5-3-7-12-6-2-4-11-8(6)9(10)13-7/h2,4,11H,3,5H2,1H3. The minimum Gasteiger partial charge on any atom is -0.384 e. The number of hydrogen-bond donors (Lipinski definition) is 1. The highest BCUT2D eigenvalue weighted by Crippen LogP contribution is 2.18. The van der Waals surface area contributed by atoms with Crippen LogP contribution < -0.4 is 0 Å². The quantitative estimate of drug-likeness (QED) is 0.788. The van der Waals surface area contributed by atoms with Gasteiger partial charge in [0.15, 0.2) is 5.15 Å². The molecule has 0 spiro atoms. The van der Waals surface area contributed by atoms with Crippen LogP contribution in [0.15, 0.2) is 12.3 Å². The Hall–Kier alpha value is -1.13. The Kier molecular flexibility index (Phi) is 2.65. The van der Waals surface area contributed by atoms with Gasteiger partial charge in [-0.15, -0.1) is 0 Å². The van der Waals surface area contributed by atoms with Crippen molar-refractivity contribution in [3.63, 3.8) is 0 Å². The van der Waals surface area contributed by atoms with E-state index in [2.05, 4.69) is 15.0 Å². The van der Waals surface area contributed by atoms with E-state index >= 15 is 0 Å². The van der Waals surface area contributed by atoms with E-state index < -0.39 is 0 Å².